The third-order valence-corrected chi connectivity index (χ3v) is 8.92. The normalized spacial score (nSPS) is 13.8. The third kappa shape index (κ3) is 10.8. The number of anilines is 2. The number of alkyl halides is 3. The van der Waals surface area contributed by atoms with E-state index in [0.29, 0.717) is 41.8 Å². The van der Waals surface area contributed by atoms with E-state index in [2.05, 4.69) is 30.8 Å². The van der Waals surface area contributed by atoms with Gasteiger partial charge in [0.1, 0.15) is 22.1 Å². The number of hydrazone groups is 1. The highest BCUT2D eigenvalue weighted by Gasteiger charge is 2.31. The fourth-order valence-electron chi connectivity index (χ4n) is 5.49. The number of carbonyl (C=O) groups excluding carboxylic acids is 2. The lowest BCUT2D eigenvalue weighted by atomic mass is 10.1. The molecule has 3 aromatic carbocycles. The van der Waals surface area contributed by atoms with Gasteiger partial charge in [-0.3, -0.25) is 14.6 Å². The summed E-state index contributed by atoms with van der Waals surface area (Å²) in [5, 5.41) is 22.9. The van der Waals surface area contributed by atoms with Crippen molar-refractivity contribution in [3.05, 3.63) is 99.4 Å². The van der Waals surface area contributed by atoms with Crippen LogP contribution >= 0.6 is 23.7 Å². The first-order valence-corrected chi connectivity index (χ1v) is 16.8. The molecule has 1 fully saturated rings. The number of piperazine rings is 1. The predicted molar refractivity (Wildman–Crippen MR) is 197 cm³/mol. The SMILES string of the molecule is Cc1cc(=O)oc2cc(O)c(/C=N/NC(=O)CN3CCN(Cc4csc(-c5ccc(NC(=O)Nc6cccc(OC(F)(F)F)c6)cc5)n4)CC3)cc12.Cl. The lowest BCUT2D eigenvalue weighted by Crippen LogP contribution is -2.48. The van der Waals surface area contributed by atoms with Gasteiger partial charge in [0.15, 0.2) is 0 Å². The molecule has 1 aliphatic heterocycles. The number of urea groups is 1. The highest BCUT2D eigenvalue weighted by atomic mass is 35.5. The number of phenols is 1. The second kappa shape index (κ2) is 16.9. The summed E-state index contributed by atoms with van der Waals surface area (Å²) in [5.41, 5.74) is 5.71. The van der Waals surface area contributed by atoms with Gasteiger partial charge in [-0.2, -0.15) is 5.10 Å². The Kier molecular flexibility index (Phi) is 12.3. The molecule has 18 heteroatoms. The zero-order valence-corrected chi connectivity index (χ0v) is 29.6. The van der Waals surface area contributed by atoms with Crippen molar-refractivity contribution in [1.29, 1.82) is 0 Å². The molecule has 5 aromatic rings. The molecule has 2 aromatic heterocycles. The fourth-order valence-corrected chi connectivity index (χ4v) is 6.31. The number of nitrogens with one attached hydrogen (secondary N) is 3. The number of hydrogen-bond donors (Lipinski definition) is 4. The second-order valence-electron chi connectivity index (χ2n) is 11.9. The Bertz CT molecular complexity index is 2170. The Balaban J connectivity index is 0.00000541. The quantitative estimate of drug-likeness (QED) is 0.0740. The van der Waals surface area contributed by atoms with Crippen molar-refractivity contribution < 1.29 is 37.0 Å². The number of aromatic nitrogens is 1. The maximum Gasteiger partial charge on any atom is 0.573 e. The maximum absolute atomic E-state index is 12.5. The molecule has 0 unspecified atom stereocenters. The van der Waals surface area contributed by atoms with Crippen molar-refractivity contribution in [2.75, 3.05) is 43.4 Å². The fraction of sp³-hybridized carbons (Fsp3) is 0.229. The largest absolute Gasteiger partial charge is 0.573 e. The number of carbonyl (C=O) groups is 2. The molecule has 0 saturated carbocycles. The van der Waals surface area contributed by atoms with E-state index in [1.165, 1.54) is 41.8 Å². The number of fused-ring (bicyclic) bond motifs is 1. The topological polar surface area (TPSA) is 162 Å². The van der Waals surface area contributed by atoms with Gasteiger partial charge in [0.2, 0.25) is 0 Å². The van der Waals surface area contributed by atoms with Crippen molar-refractivity contribution >= 4 is 64.2 Å². The summed E-state index contributed by atoms with van der Waals surface area (Å²) in [6.07, 6.45) is -3.50. The minimum absolute atomic E-state index is 0. The Morgan fingerprint density at radius 1 is 1.02 bits per heavy atom. The van der Waals surface area contributed by atoms with E-state index in [-0.39, 0.29) is 41.9 Å². The van der Waals surface area contributed by atoms with Gasteiger partial charge >= 0.3 is 18.0 Å². The molecule has 0 radical (unpaired) electrons. The van der Waals surface area contributed by atoms with Crippen molar-refractivity contribution in [3.8, 4) is 22.1 Å². The summed E-state index contributed by atoms with van der Waals surface area (Å²) in [6, 6.07) is 15.7. The number of halogens is 4. The maximum atomic E-state index is 12.5. The van der Waals surface area contributed by atoms with E-state index >= 15 is 0 Å². The highest BCUT2D eigenvalue weighted by molar-refractivity contribution is 7.13. The lowest BCUT2D eigenvalue weighted by molar-refractivity contribution is -0.274. The number of aryl methyl sites for hydroxylation is 1. The van der Waals surface area contributed by atoms with E-state index < -0.39 is 23.8 Å². The Morgan fingerprint density at radius 2 is 1.74 bits per heavy atom. The second-order valence-corrected chi connectivity index (χ2v) is 12.7. The van der Waals surface area contributed by atoms with Gasteiger partial charge in [-0.1, -0.05) is 6.07 Å². The van der Waals surface area contributed by atoms with E-state index in [1.807, 2.05) is 22.4 Å². The molecule has 1 saturated heterocycles. The molecule has 0 atom stereocenters. The smallest absolute Gasteiger partial charge is 0.507 e. The standard InChI is InChI=1S/C35H32F3N7O6S.ClH/c1-21-13-32(48)50-30-16-29(46)23(14-28(21)30)17-39-43-31(47)19-45-11-9-44(10-12-45)18-26-20-52-33(40-26)22-5-7-24(8-6-22)41-34(49)42-25-3-2-4-27(15-25)51-35(36,37)38;/h2-8,13-17,20,46H,9-12,18-19H2,1H3,(H,43,47)(H2,41,42,49);1H/b39-17+;. The summed E-state index contributed by atoms with van der Waals surface area (Å²) in [6.45, 7) is 5.42. The molecular weight excluding hydrogens is 739 g/mol. The average molecular weight is 772 g/mol. The number of aromatic hydroxyl groups is 1. The molecule has 278 valence electrons. The van der Waals surface area contributed by atoms with Crippen LogP contribution in [0.15, 0.2) is 86.4 Å². The van der Waals surface area contributed by atoms with Crippen molar-refractivity contribution in [2.24, 2.45) is 5.10 Å². The molecule has 1 aliphatic rings. The third-order valence-electron chi connectivity index (χ3n) is 7.98. The first-order chi connectivity index (χ1) is 24.9. The molecule has 0 spiro atoms. The highest BCUT2D eigenvalue weighted by Crippen LogP contribution is 2.28. The molecule has 0 bridgehead atoms. The van der Waals surface area contributed by atoms with Crippen LogP contribution in [0.2, 0.25) is 0 Å². The molecule has 3 heterocycles. The van der Waals surface area contributed by atoms with Crippen LogP contribution in [0.5, 0.6) is 11.5 Å². The van der Waals surface area contributed by atoms with E-state index in [1.54, 1.807) is 25.1 Å². The summed E-state index contributed by atoms with van der Waals surface area (Å²) in [7, 11) is 0. The van der Waals surface area contributed by atoms with Crippen LogP contribution in [0.3, 0.4) is 0 Å². The van der Waals surface area contributed by atoms with Crippen LogP contribution in [-0.2, 0) is 11.3 Å². The van der Waals surface area contributed by atoms with Crippen LogP contribution in [-0.4, -0.2) is 77.1 Å². The van der Waals surface area contributed by atoms with Gasteiger partial charge in [-0.05, 0) is 55.0 Å². The minimum atomic E-state index is -4.84. The van der Waals surface area contributed by atoms with Gasteiger partial charge in [0, 0.05) is 84.2 Å². The van der Waals surface area contributed by atoms with Gasteiger partial charge in [0.25, 0.3) is 5.91 Å². The number of rotatable bonds is 10. The number of thiazole rings is 1. The van der Waals surface area contributed by atoms with E-state index in [9.17, 15) is 32.7 Å². The van der Waals surface area contributed by atoms with Crippen molar-refractivity contribution in [2.45, 2.75) is 19.8 Å². The first kappa shape index (κ1) is 38.7. The Labute approximate surface area is 310 Å². The summed E-state index contributed by atoms with van der Waals surface area (Å²) in [4.78, 5) is 45.6. The summed E-state index contributed by atoms with van der Waals surface area (Å²) in [5.74, 6) is -0.867. The predicted octanol–water partition coefficient (Wildman–Crippen LogP) is 6.16. The zero-order valence-electron chi connectivity index (χ0n) is 28.0. The summed E-state index contributed by atoms with van der Waals surface area (Å²) < 4.78 is 46.5. The van der Waals surface area contributed by atoms with Gasteiger partial charge < -0.3 is 24.9 Å². The van der Waals surface area contributed by atoms with Gasteiger partial charge in [-0.25, -0.2) is 20.0 Å². The lowest BCUT2D eigenvalue weighted by Gasteiger charge is -2.33. The minimum Gasteiger partial charge on any atom is -0.507 e. The Hall–Kier alpha value is -5.49. The van der Waals surface area contributed by atoms with Crippen molar-refractivity contribution in [3.63, 3.8) is 0 Å². The van der Waals surface area contributed by atoms with Gasteiger partial charge in [0.05, 0.1) is 18.5 Å². The first-order valence-electron chi connectivity index (χ1n) is 15.9. The molecule has 6 rings (SSSR count). The average Bonchev–Trinajstić information content (AvgIpc) is 3.54. The van der Waals surface area contributed by atoms with E-state index in [4.69, 9.17) is 9.40 Å². The van der Waals surface area contributed by atoms with Crippen LogP contribution in [0, 0.1) is 6.92 Å². The van der Waals surface area contributed by atoms with E-state index in [0.717, 1.165) is 41.5 Å². The number of nitrogens with zero attached hydrogens (tertiary/aromatic N) is 4. The molecule has 3 amide bonds. The molecular formula is C35H33ClF3N7O6S. The number of ether oxygens (including phenoxy) is 1. The zero-order chi connectivity index (χ0) is 36.8. The number of phenolic OH excluding ortho intramolecular Hbond substituents is 1. The Morgan fingerprint density at radius 3 is 2.47 bits per heavy atom. The molecule has 13 nitrogen and oxygen atoms in total. The molecule has 4 N–H and O–H groups in total. The molecule has 0 aliphatic carbocycles. The van der Waals surface area contributed by atoms with Crippen LogP contribution < -0.4 is 26.4 Å². The van der Waals surface area contributed by atoms with Crippen LogP contribution in [0.4, 0.5) is 29.3 Å². The van der Waals surface area contributed by atoms with Crippen LogP contribution in [0.1, 0.15) is 16.8 Å². The summed E-state index contributed by atoms with van der Waals surface area (Å²) >= 11 is 1.50. The van der Waals surface area contributed by atoms with Gasteiger partial charge in [-0.15, -0.1) is 36.9 Å². The van der Waals surface area contributed by atoms with Crippen molar-refractivity contribution in [1.82, 2.24) is 20.2 Å². The monoisotopic (exact) mass is 771 g/mol. The van der Waals surface area contributed by atoms with Crippen LogP contribution in [0.25, 0.3) is 21.5 Å². The number of hydrogen-bond acceptors (Lipinski definition) is 11. The molecule has 53 heavy (non-hydrogen) atoms. The number of amides is 3. The number of benzene rings is 3.